The third kappa shape index (κ3) is 18.1. The number of fused-ring (bicyclic) bond motifs is 3. The van der Waals surface area contributed by atoms with E-state index in [1.54, 1.807) is 6.20 Å². The van der Waals surface area contributed by atoms with E-state index in [9.17, 15) is 24.0 Å². The van der Waals surface area contributed by atoms with E-state index in [0.717, 1.165) is 45.6 Å². The van der Waals surface area contributed by atoms with Gasteiger partial charge in [0.25, 0.3) is 0 Å². The maximum Gasteiger partial charge on any atom is 0.245 e. The lowest BCUT2D eigenvalue weighted by Crippen LogP contribution is -2.60. The summed E-state index contributed by atoms with van der Waals surface area (Å²) in [7, 11) is 0. The maximum absolute atomic E-state index is 15.3. The highest BCUT2D eigenvalue weighted by Crippen LogP contribution is 2.26. The number of para-hydroxylation sites is 1. The predicted molar refractivity (Wildman–Crippen MR) is 313 cm³/mol. The quantitative estimate of drug-likeness (QED) is 0.0362. The maximum atomic E-state index is 15.3. The molecule has 2 aliphatic rings. The fourth-order valence-electron chi connectivity index (χ4n) is 10.6. The van der Waals surface area contributed by atoms with Crippen molar-refractivity contribution in [1.29, 1.82) is 5.41 Å². The van der Waals surface area contributed by atoms with Gasteiger partial charge in [0.1, 0.15) is 36.3 Å². The van der Waals surface area contributed by atoms with Gasteiger partial charge < -0.3 is 62.9 Å². The lowest BCUT2D eigenvalue weighted by Gasteiger charge is -2.31. The topological polar surface area (TPSA) is 311 Å². The zero-order valence-corrected chi connectivity index (χ0v) is 47.0. The Balaban J connectivity index is 1.26. The van der Waals surface area contributed by atoms with Gasteiger partial charge in [0.2, 0.25) is 47.3 Å². The summed E-state index contributed by atoms with van der Waals surface area (Å²) < 4.78 is 6.40. The molecule has 21 nitrogen and oxygen atoms in total. The molecule has 2 fully saturated rings. The number of hydrogen-bond acceptors (Lipinski definition) is 10. The van der Waals surface area contributed by atoms with Gasteiger partial charge in [-0.15, -0.1) is 0 Å². The van der Waals surface area contributed by atoms with Crippen LogP contribution in [0.1, 0.15) is 108 Å². The van der Waals surface area contributed by atoms with Crippen LogP contribution in [0.25, 0.3) is 21.7 Å². The normalized spacial score (nSPS) is 21.6. The number of rotatable bonds is 17. The van der Waals surface area contributed by atoms with E-state index in [1.165, 1.54) is 11.8 Å². The molecule has 438 valence electrons. The minimum absolute atomic E-state index is 0.00670. The number of benzene rings is 4. The lowest BCUT2D eigenvalue weighted by atomic mass is 9.97. The summed E-state index contributed by atoms with van der Waals surface area (Å²) in [6.07, 6.45) is 5.43. The van der Waals surface area contributed by atoms with Crippen LogP contribution in [0.15, 0.2) is 103 Å². The van der Waals surface area contributed by atoms with Crippen molar-refractivity contribution >= 4 is 74.9 Å². The molecule has 1 aromatic heterocycles. The van der Waals surface area contributed by atoms with E-state index < -0.39 is 83.7 Å². The molecule has 21 heteroatoms. The lowest BCUT2D eigenvalue weighted by molar-refractivity contribution is -0.143. The van der Waals surface area contributed by atoms with E-state index >= 15 is 14.4 Å². The number of aromatic nitrogens is 1. The molecule has 2 unspecified atom stereocenters. The van der Waals surface area contributed by atoms with E-state index in [-0.39, 0.29) is 76.5 Å². The minimum atomic E-state index is -1.36. The highest BCUT2D eigenvalue weighted by molar-refractivity contribution is 5.98. The van der Waals surface area contributed by atoms with Crippen molar-refractivity contribution in [1.82, 2.24) is 52.4 Å². The van der Waals surface area contributed by atoms with Gasteiger partial charge in [0, 0.05) is 75.9 Å². The molecule has 0 bridgehead atoms. The smallest absolute Gasteiger partial charge is 0.245 e. The highest BCUT2D eigenvalue weighted by Gasteiger charge is 2.44. The number of unbranched alkanes of at least 4 members (excludes halogenated alkanes) is 1. The van der Waals surface area contributed by atoms with Crippen LogP contribution in [0, 0.1) is 5.41 Å². The molecule has 2 aliphatic heterocycles. The molecule has 2 saturated heterocycles. The molecule has 82 heavy (non-hydrogen) atoms. The number of guanidine groups is 1. The van der Waals surface area contributed by atoms with Crippen molar-refractivity contribution in [3.8, 4) is 0 Å². The van der Waals surface area contributed by atoms with E-state index in [2.05, 4.69) is 47.5 Å². The van der Waals surface area contributed by atoms with Gasteiger partial charge >= 0.3 is 0 Å². The Hall–Kier alpha value is -8.33. The van der Waals surface area contributed by atoms with Gasteiger partial charge in [0.05, 0.1) is 12.7 Å². The zero-order valence-electron chi connectivity index (χ0n) is 47.0. The Morgan fingerprint density at radius 2 is 1.40 bits per heavy atom. The van der Waals surface area contributed by atoms with Crippen LogP contribution in [0.2, 0.25) is 0 Å². The standard InChI is InChI=1S/C61H80N12O9/c1-3-4-25-48(68-39(2)74)56(77)70-50-28-29-54(75)64-30-14-5-6-15-31-65-55(76)51(34-43-36-67-47-26-13-12-24-46(43)47)71-57(78)49(27-17-32-66-61(62)63)69-58(79)52(33-42-22-16-21-41-20-10-11-23-45(41)42)72-59(80)53-35-44(37-73(53)60(50)81)82-38-40-18-8-7-9-19-40/h7-13,16,18-24,26,36,44,48-53,67H,3-6,14-15,17,25,27-35,37-38H2,1-2H3,(H,64,75)(H,65,76)(H,68,74)(H,69,79)(H,70,77)(H,71,78)(H,72,80)(H4,62,63,66)/t44?,48-,49-,50-,51-,52+,53?/m0/s1. The molecule has 0 spiro atoms. The molecular weight excluding hydrogens is 1040 g/mol. The second-order valence-electron chi connectivity index (χ2n) is 21.3. The summed E-state index contributed by atoms with van der Waals surface area (Å²) in [4.78, 5) is 119. The van der Waals surface area contributed by atoms with Crippen LogP contribution in [-0.4, -0.2) is 132 Å². The van der Waals surface area contributed by atoms with Crippen molar-refractivity contribution in [2.45, 2.75) is 153 Å². The van der Waals surface area contributed by atoms with Crippen LogP contribution in [0.5, 0.6) is 0 Å². The average molecular weight is 1130 g/mol. The average Bonchev–Trinajstić information content (AvgIpc) is 4.24. The predicted octanol–water partition coefficient (Wildman–Crippen LogP) is 3.78. The fourth-order valence-corrected chi connectivity index (χ4v) is 10.6. The molecule has 0 saturated carbocycles. The van der Waals surface area contributed by atoms with E-state index in [1.807, 2.05) is 104 Å². The summed E-state index contributed by atoms with van der Waals surface area (Å²) in [5.74, 6) is -4.88. The second kappa shape index (κ2) is 31.0. The summed E-state index contributed by atoms with van der Waals surface area (Å²) in [5, 5.41) is 33.4. The molecule has 0 radical (unpaired) electrons. The summed E-state index contributed by atoms with van der Waals surface area (Å²) in [6, 6.07) is 22.9. The van der Waals surface area contributed by atoms with Crippen LogP contribution in [0.3, 0.4) is 0 Å². The molecule has 8 amide bonds. The van der Waals surface area contributed by atoms with Gasteiger partial charge in [-0.3, -0.25) is 43.8 Å². The summed E-state index contributed by atoms with van der Waals surface area (Å²) in [6.45, 7) is 4.14. The first-order chi connectivity index (χ1) is 39.7. The van der Waals surface area contributed by atoms with Crippen LogP contribution in [-0.2, 0) is 62.5 Å². The SMILES string of the molecule is CCCC[C@H](NC(C)=O)C(=O)N[C@H]1CCC(=O)NCCCCCCNC(=O)[C@H](Cc2c[nH]c3ccccc23)NC(=O)[C@H](CCCNC(=N)N)NC(=O)[C@@H](Cc2cccc3ccccc23)NC(=O)C2CC(OCc3ccccc3)CN2C1=O. The van der Waals surface area contributed by atoms with Crippen molar-refractivity contribution in [2.24, 2.45) is 5.73 Å². The molecule has 12 N–H and O–H groups in total. The zero-order chi connectivity index (χ0) is 58.4. The number of nitrogens with one attached hydrogen (secondary N) is 10. The van der Waals surface area contributed by atoms with E-state index in [4.69, 9.17) is 15.9 Å². The van der Waals surface area contributed by atoms with Gasteiger partial charge in [-0.25, -0.2) is 0 Å². The van der Waals surface area contributed by atoms with Crippen LogP contribution >= 0.6 is 0 Å². The number of ether oxygens (including phenoxy) is 1. The third-order valence-corrected chi connectivity index (χ3v) is 15.0. The Labute approximate surface area is 478 Å². The summed E-state index contributed by atoms with van der Waals surface area (Å²) in [5.41, 5.74) is 8.81. The molecule has 0 aliphatic carbocycles. The molecule has 7 rings (SSSR count). The monoisotopic (exact) mass is 1120 g/mol. The van der Waals surface area contributed by atoms with Crippen molar-refractivity contribution in [3.05, 3.63) is 120 Å². The molecule has 3 heterocycles. The van der Waals surface area contributed by atoms with Crippen LogP contribution < -0.4 is 48.3 Å². The Kier molecular flexibility index (Phi) is 23.2. The number of nitrogens with two attached hydrogens (primary N) is 1. The van der Waals surface area contributed by atoms with Gasteiger partial charge in [0.15, 0.2) is 5.96 Å². The molecule has 5 aromatic rings. The van der Waals surface area contributed by atoms with Gasteiger partial charge in [-0.1, -0.05) is 124 Å². The number of H-pyrrole nitrogens is 1. The van der Waals surface area contributed by atoms with Gasteiger partial charge in [-0.2, -0.15) is 0 Å². The Bertz CT molecular complexity index is 3000. The summed E-state index contributed by atoms with van der Waals surface area (Å²) >= 11 is 0. The second-order valence-corrected chi connectivity index (χ2v) is 21.3. The number of carbonyl (C=O) groups excluding carboxylic acids is 8. The number of aromatic amines is 1. The van der Waals surface area contributed by atoms with Gasteiger partial charge in [-0.05, 0) is 72.1 Å². The molecular formula is C61H80N12O9. The van der Waals surface area contributed by atoms with Crippen LogP contribution in [0.4, 0.5) is 0 Å². The van der Waals surface area contributed by atoms with Crippen molar-refractivity contribution < 1.29 is 43.1 Å². The number of amides is 8. The van der Waals surface area contributed by atoms with E-state index in [0.29, 0.717) is 50.8 Å². The third-order valence-electron chi connectivity index (χ3n) is 15.0. The first kappa shape index (κ1) is 61.3. The molecule has 7 atom stereocenters. The first-order valence-corrected chi connectivity index (χ1v) is 28.8. The Morgan fingerprint density at radius 1 is 0.744 bits per heavy atom. The number of nitrogens with zero attached hydrogens (tertiary/aromatic N) is 1. The highest BCUT2D eigenvalue weighted by atomic mass is 16.5. The minimum Gasteiger partial charge on any atom is -0.372 e. The fraction of sp³-hybridized carbons (Fsp3) is 0.459. The first-order valence-electron chi connectivity index (χ1n) is 28.8. The molecule has 4 aromatic carbocycles. The van der Waals surface area contributed by atoms with Crippen molar-refractivity contribution in [3.63, 3.8) is 0 Å². The number of hydrogen-bond donors (Lipinski definition) is 11. The Morgan fingerprint density at radius 3 is 2.16 bits per heavy atom. The van der Waals surface area contributed by atoms with Crippen molar-refractivity contribution in [2.75, 3.05) is 26.2 Å². The largest absolute Gasteiger partial charge is 0.372 e. The number of carbonyl (C=O) groups is 8.